The molecular formula is C28H62S. The van der Waals surface area contributed by atoms with Crippen LogP contribution in [-0.4, -0.2) is 12.0 Å². The van der Waals surface area contributed by atoms with E-state index in [-0.39, 0.29) is 14.9 Å². The smallest absolute Gasteiger partial charge is 0.00729 e. The molecule has 0 saturated carbocycles. The molecule has 1 heteroatoms. The van der Waals surface area contributed by atoms with E-state index in [9.17, 15) is 0 Å². The summed E-state index contributed by atoms with van der Waals surface area (Å²) in [6.45, 7) is 24.1. The van der Waals surface area contributed by atoms with Crippen LogP contribution in [0.15, 0.2) is 30.3 Å². The molecular weight excluding hydrogens is 368 g/mol. The third-order valence-corrected chi connectivity index (χ3v) is 4.11. The van der Waals surface area contributed by atoms with Crippen LogP contribution in [-0.2, 0) is 6.42 Å². The quantitative estimate of drug-likeness (QED) is 0.447. The molecule has 0 bridgehead atoms. The van der Waals surface area contributed by atoms with E-state index < -0.39 is 0 Å². The first kappa shape index (κ1) is 42.6. The molecule has 1 rings (SSSR count). The topological polar surface area (TPSA) is 0 Å². The number of benzene rings is 1. The Balaban J connectivity index is -0.0000000576. The van der Waals surface area contributed by atoms with E-state index in [0.29, 0.717) is 0 Å². The number of aryl methyl sites for hydroxylation is 1. The lowest BCUT2D eigenvalue weighted by Gasteiger charge is -1.90. The molecule has 0 aromatic heterocycles. The molecule has 0 radical (unpaired) electrons. The summed E-state index contributed by atoms with van der Waals surface area (Å²) in [5, 5.41) is 0. The lowest BCUT2D eigenvalue weighted by atomic mass is 10.2. The highest BCUT2D eigenvalue weighted by molar-refractivity contribution is 7.98. The largest absolute Gasteiger partial charge is 0.165 e. The summed E-state index contributed by atoms with van der Waals surface area (Å²) < 4.78 is 0. The first-order valence-electron chi connectivity index (χ1n) is 11.1. The molecule has 0 spiro atoms. The van der Waals surface area contributed by atoms with Crippen molar-refractivity contribution in [3.8, 4) is 0 Å². The summed E-state index contributed by atoms with van der Waals surface area (Å²) in [5.74, 6) is 3.91. The molecule has 0 aliphatic carbocycles. The van der Waals surface area contributed by atoms with E-state index in [2.05, 4.69) is 107 Å². The second kappa shape index (κ2) is 38.2. The average Bonchev–Trinajstić information content (AvgIpc) is 2.64. The molecule has 0 saturated heterocycles. The average molecular weight is 431 g/mol. The molecule has 0 N–H and O–H groups in total. The second-order valence-corrected chi connectivity index (χ2v) is 9.15. The van der Waals surface area contributed by atoms with Crippen LogP contribution in [0.4, 0.5) is 0 Å². The van der Waals surface area contributed by atoms with Gasteiger partial charge in [0, 0.05) is 0 Å². The Labute approximate surface area is 194 Å². The fourth-order valence-corrected chi connectivity index (χ4v) is 1.33. The molecule has 0 amide bonds. The Morgan fingerprint density at radius 3 is 1.10 bits per heavy atom. The van der Waals surface area contributed by atoms with Crippen molar-refractivity contribution in [1.29, 1.82) is 0 Å². The molecule has 1 aromatic carbocycles. The van der Waals surface area contributed by atoms with Gasteiger partial charge in [0.25, 0.3) is 0 Å². The van der Waals surface area contributed by atoms with Crippen LogP contribution in [0.1, 0.15) is 116 Å². The van der Waals surface area contributed by atoms with Gasteiger partial charge in [0.1, 0.15) is 0 Å². The maximum atomic E-state index is 2.22. The summed E-state index contributed by atoms with van der Waals surface area (Å²) in [6.07, 6.45) is 7.19. The highest BCUT2D eigenvalue weighted by Crippen LogP contribution is 1.97. The molecule has 0 aliphatic rings. The van der Waals surface area contributed by atoms with Crippen molar-refractivity contribution in [3.63, 3.8) is 0 Å². The summed E-state index contributed by atoms with van der Waals surface area (Å²) in [7, 11) is 0. The Morgan fingerprint density at radius 2 is 1.00 bits per heavy atom. The molecule has 0 unspecified atom stereocenters. The van der Waals surface area contributed by atoms with Crippen LogP contribution in [0, 0.1) is 17.8 Å². The van der Waals surface area contributed by atoms with Gasteiger partial charge in [-0.05, 0) is 48.2 Å². The van der Waals surface area contributed by atoms with Crippen LogP contribution < -0.4 is 0 Å². The summed E-state index contributed by atoms with van der Waals surface area (Å²) in [4.78, 5) is 0. The normalized spacial score (nSPS) is 8.52. The van der Waals surface area contributed by atoms with Crippen LogP contribution >= 0.6 is 11.8 Å². The molecule has 1 aromatic rings. The first-order chi connectivity index (χ1) is 12.6. The minimum atomic E-state index is 0. The lowest BCUT2D eigenvalue weighted by molar-refractivity contribution is 0.626. The monoisotopic (exact) mass is 430 g/mol. The van der Waals surface area contributed by atoms with Gasteiger partial charge in [-0.3, -0.25) is 0 Å². The highest BCUT2D eigenvalue weighted by atomic mass is 32.2. The fourth-order valence-electron chi connectivity index (χ4n) is 0.918. The lowest BCUT2D eigenvalue weighted by Crippen LogP contribution is -1.77. The van der Waals surface area contributed by atoms with Gasteiger partial charge in [-0.2, -0.15) is 11.8 Å². The van der Waals surface area contributed by atoms with Gasteiger partial charge in [-0.1, -0.05) is 134 Å². The summed E-state index contributed by atoms with van der Waals surface area (Å²) in [5.41, 5.74) is 1.41. The van der Waals surface area contributed by atoms with E-state index in [1.165, 1.54) is 30.6 Å². The predicted molar refractivity (Wildman–Crippen MR) is 149 cm³/mol. The highest BCUT2D eigenvalue weighted by Gasteiger charge is 1.81. The van der Waals surface area contributed by atoms with Crippen LogP contribution in [0.3, 0.4) is 0 Å². The van der Waals surface area contributed by atoms with Gasteiger partial charge < -0.3 is 0 Å². The molecule has 0 fully saturated rings. The third-order valence-electron chi connectivity index (χ3n) is 3.29. The molecule has 0 heterocycles. The van der Waals surface area contributed by atoms with Gasteiger partial charge in [-0.25, -0.2) is 0 Å². The van der Waals surface area contributed by atoms with Crippen molar-refractivity contribution in [1.82, 2.24) is 0 Å². The number of rotatable bonds is 5. The van der Waals surface area contributed by atoms with Gasteiger partial charge in [-0.15, -0.1) is 0 Å². The third kappa shape index (κ3) is 74.4. The predicted octanol–water partition coefficient (Wildman–Crippen LogP) is 11.0. The summed E-state index contributed by atoms with van der Waals surface area (Å²) in [6, 6.07) is 10.5. The molecule has 0 nitrogen and oxygen atoms in total. The fraction of sp³-hybridized carbons (Fsp3) is 0.786. The molecule has 0 aliphatic heterocycles. The van der Waals surface area contributed by atoms with Gasteiger partial charge >= 0.3 is 0 Å². The Bertz CT molecular complexity index is 302. The number of thioether (sulfide) groups is 1. The van der Waals surface area contributed by atoms with Crippen LogP contribution in [0.2, 0.25) is 0 Å². The minimum Gasteiger partial charge on any atom is -0.165 e. The van der Waals surface area contributed by atoms with E-state index in [4.69, 9.17) is 0 Å². The zero-order valence-electron chi connectivity index (χ0n) is 21.1. The standard InChI is InChI=1S/C8H10.2C5H12.C4H10S.C4H10.2CH4/c1-2-8-6-4-3-5-7-8;2*1-4-5(2)3;1-3-4-5-2;1-4(2)3;;/h3-7H,2H2,1H3;2*5H,4H2,1-3H3;3-4H2,1-2H3;4H,1-3H3;2*1H4. The number of hydrogen-bond donors (Lipinski definition) is 0. The maximum absolute atomic E-state index is 2.22. The zero-order valence-corrected chi connectivity index (χ0v) is 21.9. The van der Waals surface area contributed by atoms with E-state index in [1.54, 1.807) is 0 Å². The first-order valence-corrected chi connectivity index (χ1v) is 12.5. The SMILES string of the molecule is C.C.CC(C)C.CCC(C)C.CCC(C)C.CCCSC.CCc1ccccc1. The van der Waals surface area contributed by atoms with Crippen molar-refractivity contribution in [2.75, 3.05) is 12.0 Å². The maximum Gasteiger partial charge on any atom is -0.00729 e. The zero-order chi connectivity index (χ0) is 22.1. The Morgan fingerprint density at radius 1 is 0.690 bits per heavy atom. The Kier molecular flexibility index (Phi) is 56.2. The van der Waals surface area contributed by atoms with Gasteiger partial charge in [0.2, 0.25) is 0 Å². The minimum absolute atomic E-state index is 0. The van der Waals surface area contributed by atoms with Crippen molar-refractivity contribution >= 4 is 11.8 Å². The van der Waals surface area contributed by atoms with Crippen LogP contribution in [0.5, 0.6) is 0 Å². The van der Waals surface area contributed by atoms with Crippen molar-refractivity contribution in [3.05, 3.63) is 35.9 Å². The van der Waals surface area contributed by atoms with Gasteiger partial charge in [0.15, 0.2) is 0 Å². The van der Waals surface area contributed by atoms with Crippen molar-refractivity contribution in [2.45, 2.75) is 117 Å². The molecule has 180 valence electrons. The van der Waals surface area contributed by atoms with Crippen LogP contribution in [0.25, 0.3) is 0 Å². The van der Waals surface area contributed by atoms with E-state index in [1.807, 2.05) is 17.8 Å². The molecule has 0 atom stereocenters. The van der Waals surface area contributed by atoms with Gasteiger partial charge in [0.05, 0.1) is 0 Å². The van der Waals surface area contributed by atoms with E-state index >= 15 is 0 Å². The van der Waals surface area contributed by atoms with Crippen molar-refractivity contribution < 1.29 is 0 Å². The van der Waals surface area contributed by atoms with E-state index in [0.717, 1.165) is 24.2 Å². The molecule has 29 heavy (non-hydrogen) atoms. The second-order valence-electron chi connectivity index (χ2n) is 8.17. The number of hydrogen-bond acceptors (Lipinski definition) is 1. The summed E-state index contributed by atoms with van der Waals surface area (Å²) >= 11 is 1.90. The van der Waals surface area contributed by atoms with Crippen molar-refractivity contribution in [2.24, 2.45) is 17.8 Å². The Hall–Kier alpha value is -0.430.